The minimum Gasteiger partial charge on any atom is -0.480 e. The molecule has 6 aromatic rings. The highest BCUT2D eigenvalue weighted by Gasteiger charge is 2.41. The quantitative estimate of drug-likeness (QED) is 0.0335. The molecular weight excluding hydrogens is 1400 g/mol. The van der Waals surface area contributed by atoms with Crippen molar-refractivity contribution in [2.24, 2.45) is 11.5 Å². The average molecular weight is 1500 g/mol. The van der Waals surface area contributed by atoms with E-state index in [0.29, 0.717) is 58.1 Å². The fraction of sp³-hybridized carbons (Fsp3) is 0.427. The molecule has 1 fully saturated rings. The fourth-order valence-electron chi connectivity index (χ4n) is 11.8. The number of fused-ring (bicyclic) bond motifs is 1. The van der Waals surface area contributed by atoms with E-state index in [9.17, 15) is 54.0 Å². The maximum Gasteiger partial charge on any atom is 0.327 e. The van der Waals surface area contributed by atoms with Crippen LogP contribution in [0.2, 0.25) is 0 Å². The van der Waals surface area contributed by atoms with Gasteiger partial charge in [0.15, 0.2) is 0 Å². The second-order valence-electron chi connectivity index (χ2n) is 26.5. The third-order valence-corrected chi connectivity index (χ3v) is 20.2. The highest BCUT2D eigenvalue weighted by atomic mass is 33.1. The number of benzene rings is 5. The van der Waals surface area contributed by atoms with Crippen LogP contribution in [-0.4, -0.2) is 212 Å². The van der Waals surface area contributed by atoms with Crippen molar-refractivity contribution >= 4 is 97.5 Å². The molecule has 0 unspecified atom stereocenters. The van der Waals surface area contributed by atoms with Gasteiger partial charge in [0.2, 0.25) is 59.1 Å². The van der Waals surface area contributed by atoms with Gasteiger partial charge in [-0.25, -0.2) is 4.79 Å². The number of carboxylic acids is 1. The van der Waals surface area contributed by atoms with Crippen molar-refractivity contribution in [2.75, 3.05) is 31.7 Å². The van der Waals surface area contributed by atoms with Gasteiger partial charge in [-0.3, -0.25) is 47.9 Å². The first-order valence-corrected chi connectivity index (χ1v) is 37.6. The summed E-state index contributed by atoms with van der Waals surface area (Å²) in [6.45, 7) is 5.96. The SMILES string of the molecule is CC(C)NCc1ccc(C[C@@H]2NC(=O)[C@@H](Cc3c[nH]c4ccccc34)NC(=O)[C@H](Cc3ccccc3)NC(=O)[C@H](Cc3ccccc3)NC(=O)[C@H](CCCCN)NC(=O)[C@@H](N)CSSC[C@@H](C(=O)O)NC(=O)[C@H](CO)NC(=O)[C@H]([C@@H](C)O)N(C)C(=O)[C@H](Cc3ccccc3)NC(=O)[C@H]([C@@H](C)O)NC2=O)cc1. The molecule has 1 saturated heterocycles. The van der Waals surface area contributed by atoms with Crippen molar-refractivity contribution in [2.45, 2.75) is 170 Å². The number of unbranched alkanes of at least 4 members (excludes halogenated alkanes) is 1. The number of nitrogens with two attached hydrogens (primary N) is 2. The van der Waals surface area contributed by atoms with E-state index < -0.39 is 150 Å². The predicted molar refractivity (Wildman–Crippen MR) is 402 cm³/mol. The number of para-hydroxylation sites is 1. The maximum atomic E-state index is 15.6. The third-order valence-electron chi connectivity index (χ3n) is 17.7. The molecule has 106 heavy (non-hydrogen) atoms. The number of likely N-dealkylation sites (N-methyl/N-ethyl adjacent to an activating group) is 1. The number of aromatic amines is 1. The predicted octanol–water partition coefficient (Wildman–Crippen LogP) is 0.0592. The first-order chi connectivity index (χ1) is 50.7. The van der Waals surface area contributed by atoms with Gasteiger partial charge in [0.1, 0.15) is 60.4 Å². The molecule has 13 atom stereocenters. The normalized spacial score (nSPS) is 23.8. The summed E-state index contributed by atoms with van der Waals surface area (Å²) in [6, 6.07) is 22.6. The van der Waals surface area contributed by atoms with Crippen molar-refractivity contribution < 1.29 is 73.2 Å². The summed E-state index contributed by atoms with van der Waals surface area (Å²) in [7, 11) is 2.97. The van der Waals surface area contributed by atoms with Crippen molar-refractivity contribution in [1.29, 1.82) is 0 Å². The van der Waals surface area contributed by atoms with Gasteiger partial charge in [0.25, 0.3) is 0 Å². The van der Waals surface area contributed by atoms with E-state index in [1.54, 1.807) is 121 Å². The molecule has 1 aliphatic heterocycles. The molecule has 10 amide bonds. The Kier molecular flexibility index (Phi) is 33.0. The summed E-state index contributed by atoms with van der Waals surface area (Å²) >= 11 is 0. The number of aliphatic carboxylic acids is 1. The summed E-state index contributed by atoms with van der Waals surface area (Å²) in [5.41, 5.74) is 16.5. The first kappa shape index (κ1) is 83.5. The van der Waals surface area contributed by atoms with Gasteiger partial charge in [-0.15, -0.1) is 0 Å². The maximum absolute atomic E-state index is 15.6. The highest BCUT2D eigenvalue weighted by molar-refractivity contribution is 8.76. The fourth-order valence-corrected chi connectivity index (χ4v) is 14.1. The first-order valence-electron chi connectivity index (χ1n) is 35.1. The Hall–Kier alpha value is -9.73. The zero-order chi connectivity index (χ0) is 77.0. The number of nitrogens with zero attached hydrogens (tertiary/aromatic N) is 1. The summed E-state index contributed by atoms with van der Waals surface area (Å²) in [5.74, 6) is -11.8. The van der Waals surface area contributed by atoms with Crippen molar-refractivity contribution in [3.63, 3.8) is 0 Å². The van der Waals surface area contributed by atoms with E-state index in [0.717, 1.165) is 46.0 Å². The number of aromatic nitrogens is 1. The molecule has 0 spiro atoms. The molecule has 570 valence electrons. The molecule has 0 aliphatic carbocycles. The number of hydrogen-bond acceptors (Lipinski definition) is 19. The second-order valence-corrected chi connectivity index (χ2v) is 29.1. The van der Waals surface area contributed by atoms with Gasteiger partial charge < -0.3 is 94.9 Å². The molecule has 2 heterocycles. The van der Waals surface area contributed by atoms with Crippen LogP contribution in [0.4, 0.5) is 0 Å². The van der Waals surface area contributed by atoms with Gasteiger partial charge in [0, 0.05) is 80.3 Å². The Balaban J connectivity index is 1.33. The van der Waals surface area contributed by atoms with Crippen molar-refractivity contribution in [1.82, 2.24) is 63.1 Å². The van der Waals surface area contributed by atoms with E-state index in [1.165, 1.54) is 6.92 Å². The second kappa shape index (κ2) is 41.8. The van der Waals surface area contributed by atoms with Gasteiger partial charge in [-0.05, 0) is 79.1 Å². The summed E-state index contributed by atoms with van der Waals surface area (Å²) in [5, 5.41) is 71.2. The number of aliphatic hydroxyl groups is 3. The van der Waals surface area contributed by atoms with Crippen LogP contribution in [-0.2, 0) is 91.4 Å². The standard InChI is InChI=1S/C75H98N14O15S2/c1-43(2)78-38-50-30-28-49(29-31-50)35-58-70(98)88-63(44(3)91)72(100)85-60(36-48-23-13-8-14-24-48)74(102)89(5)64(45(4)92)73(101)86-61(40-90)71(99)87-62(75(103)104)42-106-105-41-53(77)65(93)80-55(27-17-18-32-76)66(94)81-56(33-46-19-9-6-10-20-46)67(95)82-57(34-47-21-11-7-12-22-47)68(96)84-59(69(97)83-58)37-51-39-79-54-26-16-15-25-52(51)54/h6-16,19-26,28-31,39,43-45,53,55-64,78-79,90-92H,17-18,27,32-38,40-42,76-77H2,1-5H3,(H,80,93)(H,81,94)(H,82,95)(H,83,97)(H,84,96)(H,85,100)(H,86,101)(H,87,99)(H,88,98)(H,103,104)/t44-,45-,53+,55+,56+,57+,58+,59-,60+,61+,62+,63+,64+/m1/s1. The minimum absolute atomic E-state index is 0.0302. The number of H-pyrrole nitrogens is 1. The van der Waals surface area contributed by atoms with E-state index in [-0.39, 0.29) is 62.6 Å². The summed E-state index contributed by atoms with van der Waals surface area (Å²) in [6.07, 6.45) is -1.99. The number of carboxylic acid groups (broad SMARTS) is 1. The molecule has 7 rings (SSSR count). The number of aliphatic hydroxyl groups excluding tert-OH is 3. The van der Waals surface area contributed by atoms with Crippen LogP contribution in [0.15, 0.2) is 146 Å². The smallest absolute Gasteiger partial charge is 0.327 e. The van der Waals surface area contributed by atoms with Crippen LogP contribution in [0.5, 0.6) is 0 Å². The molecule has 1 aliphatic rings. The lowest BCUT2D eigenvalue weighted by Crippen LogP contribution is -2.63. The van der Waals surface area contributed by atoms with E-state index >= 15 is 19.2 Å². The third kappa shape index (κ3) is 25.5. The van der Waals surface area contributed by atoms with Gasteiger partial charge in [-0.2, -0.15) is 0 Å². The number of carbonyl (C=O) groups is 11. The highest BCUT2D eigenvalue weighted by Crippen LogP contribution is 2.24. The lowest BCUT2D eigenvalue weighted by atomic mass is 9.99. The zero-order valence-corrected chi connectivity index (χ0v) is 61.5. The Morgan fingerprint density at radius 1 is 0.500 bits per heavy atom. The molecule has 31 heteroatoms. The Labute approximate surface area is 623 Å². The Morgan fingerprint density at radius 3 is 1.43 bits per heavy atom. The minimum atomic E-state index is -1.88. The number of rotatable bonds is 21. The number of nitrogens with one attached hydrogen (secondary N) is 11. The molecule has 19 N–H and O–H groups in total. The van der Waals surface area contributed by atoms with Gasteiger partial charge >= 0.3 is 5.97 Å². The van der Waals surface area contributed by atoms with Crippen LogP contribution < -0.4 is 64.6 Å². The molecule has 29 nitrogen and oxygen atoms in total. The van der Waals surface area contributed by atoms with Crippen LogP contribution in [0.3, 0.4) is 0 Å². The van der Waals surface area contributed by atoms with Crippen LogP contribution in [0.25, 0.3) is 10.9 Å². The Morgan fingerprint density at radius 2 is 0.934 bits per heavy atom. The zero-order valence-electron chi connectivity index (χ0n) is 59.8. The molecule has 1 aromatic heterocycles. The topological polar surface area (TPSA) is 460 Å². The van der Waals surface area contributed by atoms with Crippen LogP contribution in [0, 0.1) is 0 Å². The van der Waals surface area contributed by atoms with Gasteiger partial charge in [-0.1, -0.05) is 169 Å². The Bertz CT molecular complexity index is 3920. The van der Waals surface area contributed by atoms with Crippen LogP contribution in [0.1, 0.15) is 80.3 Å². The number of hydrogen-bond donors (Lipinski definition) is 17. The molecule has 5 aromatic carbocycles. The van der Waals surface area contributed by atoms with Crippen LogP contribution >= 0.6 is 21.6 Å². The van der Waals surface area contributed by atoms with Crippen molar-refractivity contribution in [3.8, 4) is 0 Å². The largest absolute Gasteiger partial charge is 0.480 e. The van der Waals surface area contributed by atoms with E-state index in [1.807, 2.05) is 38.1 Å². The van der Waals surface area contributed by atoms with Crippen molar-refractivity contribution in [3.05, 3.63) is 179 Å². The molecular formula is C75H98N14O15S2. The van der Waals surface area contributed by atoms with E-state index in [4.69, 9.17) is 11.5 Å². The summed E-state index contributed by atoms with van der Waals surface area (Å²) in [4.78, 5) is 165. The average Bonchev–Trinajstić information content (AvgIpc) is 1.55. The van der Waals surface area contributed by atoms with E-state index in [2.05, 4.69) is 58.2 Å². The molecule has 0 bridgehead atoms. The molecule has 0 saturated carbocycles. The van der Waals surface area contributed by atoms with Gasteiger partial charge in [0.05, 0.1) is 24.9 Å². The summed E-state index contributed by atoms with van der Waals surface area (Å²) < 4.78 is 0. The number of amides is 10. The number of carbonyl (C=O) groups excluding carboxylic acids is 10. The molecule has 0 radical (unpaired) electrons. The monoisotopic (exact) mass is 1500 g/mol. The lowest BCUT2D eigenvalue weighted by Gasteiger charge is -2.34. The lowest BCUT2D eigenvalue weighted by molar-refractivity contribution is -0.147.